The van der Waals surface area contributed by atoms with E-state index in [-0.39, 0.29) is 28.9 Å². The lowest BCUT2D eigenvalue weighted by Crippen LogP contribution is -2.33. The maximum atomic E-state index is 12.1. The number of anilines is 1. The minimum absolute atomic E-state index is 0. The van der Waals surface area contributed by atoms with Crippen molar-refractivity contribution in [3.63, 3.8) is 0 Å². The molecule has 1 fully saturated rings. The van der Waals surface area contributed by atoms with Crippen LogP contribution in [0.25, 0.3) is 11.5 Å². The van der Waals surface area contributed by atoms with Crippen molar-refractivity contribution in [3.8, 4) is 17.2 Å². The summed E-state index contributed by atoms with van der Waals surface area (Å²) in [6.07, 6.45) is 1.68. The summed E-state index contributed by atoms with van der Waals surface area (Å²) in [5, 5.41) is 7.92. The maximum absolute atomic E-state index is 12.1. The molecule has 2 aromatic rings. The number of piperidine rings is 1. The normalized spacial score (nSPS) is 15.2. The molecular weight excluding hydrogens is 388 g/mol. The van der Waals surface area contributed by atoms with Gasteiger partial charge in [-0.2, -0.15) is 4.68 Å². The molecule has 1 aliphatic rings. The Morgan fingerprint density at radius 3 is 2.78 bits per heavy atom. The smallest absolute Gasteiger partial charge is 0.437 e. The summed E-state index contributed by atoms with van der Waals surface area (Å²) in [6, 6.07) is 3.22. The maximum Gasteiger partial charge on any atom is 0.437 e. The van der Waals surface area contributed by atoms with Crippen molar-refractivity contribution in [2.45, 2.75) is 18.9 Å². The van der Waals surface area contributed by atoms with Crippen LogP contribution >= 0.6 is 28.6 Å². The lowest BCUT2D eigenvalue weighted by atomic mass is 10.1. The second-order valence-electron chi connectivity index (χ2n) is 5.17. The number of hydrogen-bond donors (Lipinski definition) is 2. The third kappa shape index (κ3) is 3.54. The van der Waals surface area contributed by atoms with E-state index in [1.54, 1.807) is 12.1 Å². The van der Waals surface area contributed by atoms with E-state index in [1.165, 1.54) is 11.8 Å². The lowest BCUT2D eigenvalue weighted by molar-refractivity contribution is 0.323. The zero-order chi connectivity index (χ0) is 15.7. The number of nitrogens with two attached hydrogens (primary N) is 1. The third-order valence-corrected chi connectivity index (χ3v) is 4.10. The molecule has 9 heteroatoms. The molecule has 0 spiro atoms. The summed E-state index contributed by atoms with van der Waals surface area (Å²) in [4.78, 5) is 12.1. The summed E-state index contributed by atoms with van der Waals surface area (Å²) in [7, 11) is 1.51. The van der Waals surface area contributed by atoms with Crippen molar-refractivity contribution in [2.24, 2.45) is 0 Å². The number of halogens is 2. The number of ether oxygens (including phenoxy) is 1. The van der Waals surface area contributed by atoms with Gasteiger partial charge >= 0.3 is 5.76 Å². The Labute approximate surface area is 148 Å². The van der Waals surface area contributed by atoms with Crippen molar-refractivity contribution in [2.75, 3.05) is 25.9 Å². The number of nitrogens with zero attached hydrogens (tertiary/aromatic N) is 2. The van der Waals surface area contributed by atoms with Crippen molar-refractivity contribution in [1.82, 2.24) is 15.1 Å². The first-order valence-corrected chi connectivity index (χ1v) is 7.41. The SMILES string of the molecule is Br.COc1cc(N)c(Cl)cc1-c1nn(C2CCNCC2)c(=O)o1. The molecule has 0 aliphatic carbocycles. The Hall–Kier alpha value is -1.51. The minimum Gasteiger partial charge on any atom is -0.496 e. The van der Waals surface area contributed by atoms with Crippen molar-refractivity contribution in [3.05, 3.63) is 27.7 Å². The standard InChI is InChI=1S/C14H17ClN4O3.BrH/c1-21-12-7-11(16)10(15)6-9(12)13-18-19(14(20)22-13)8-2-4-17-5-3-8;/h6-8,17H,2-5,16H2,1H3;1H. The van der Waals surface area contributed by atoms with Crippen LogP contribution in [0.1, 0.15) is 18.9 Å². The van der Waals surface area contributed by atoms with E-state index < -0.39 is 5.76 Å². The number of nitrogens with one attached hydrogen (secondary N) is 1. The Morgan fingerprint density at radius 2 is 2.13 bits per heavy atom. The summed E-state index contributed by atoms with van der Waals surface area (Å²) in [5.41, 5.74) is 6.66. The first-order chi connectivity index (χ1) is 10.6. The highest BCUT2D eigenvalue weighted by Gasteiger charge is 2.22. The molecule has 0 bridgehead atoms. The average molecular weight is 406 g/mol. The number of aromatic nitrogens is 2. The van der Waals surface area contributed by atoms with Gasteiger partial charge in [-0.15, -0.1) is 22.1 Å². The van der Waals surface area contributed by atoms with E-state index in [0.717, 1.165) is 25.9 Å². The van der Waals surface area contributed by atoms with E-state index in [4.69, 9.17) is 26.5 Å². The van der Waals surface area contributed by atoms with Gasteiger partial charge < -0.3 is 20.2 Å². The van der Waals surface area contributed by atoms with Gasteiger partial charge in [0.25, 0.3) is 5.89 Å². The highest BCUT2D eigenvalue weighted by molar-refractivity contribution is 8.93. The average Bonchev–Trinajstić information content (AvgIpc) is 2.92. The van der Waals surface area contributed by atoms with E-state index in [9.17, 15) is 4.79 Å². The lowest BCUT2D eigenvalue weighted by Gasteiger charge is -2.21. The van der Waals surface area contributed by atoms with Crippen molar-refractivity contribution < 1.29 is 9.15 Å². The van der Waals surface area contributed by atoms with Gasteiger partial charge in [-0.25, -0.2) is 4.79 Å². The molecule has 3 rings (SSSR count). The highest BCUT2D eigenvalue weighted by Crippen LogP contribution is 2.35. The molecular formula is C14H18BrClN4O3. The number of nitrogen functional groups attached to an aromatic ring is 1. The van der Waals surface area contributed by atoms with E-state index in [2.05, 4.69) is 10.4 Å². The van der Waals surface area contributed by atoms with Gasteiger partial charge in [0.05, 0.1) is 29.4 Å². The molecule has 3 N–H and O–H groups in total. The Kier molecular flexibility index (Phi) is 5.72. The van der Waals surface area contributed by atoms with E-state index in [1.807, 2.05) is 0 Å². The van der Waals surface area contributed by atoms with Gasteiger partial charge in [-0.3, -0.25) is 0 Å². The number of benzene rings is 1. The predicted molar refractivity (Wildman–Crippen MR) is 93.6 cm³/mol. The molecule has 0 atom stereocenters. The Morgan fingerprint density at radius 1 is 1.43 bits per heavy atom. The zero-order valence-electron chi connectivity index (χ0n) is 12.5. The fraction of sp³-hybridized carbons (Fsp3) is 0.429. The molecule has 0 saturated carbocycles. The minimum atomic E-state index is -0.475. The zero-order valence-corrected chi connectivity index (χ0v) is 15.0. The molecule has 1 aromatic heterocycles. The van der Waals surface area contributed by atoms with Crippen LogP contribution in [-0.4, -0.2) is 30.0 Å². The van der Waals surface area contributed by atoms with Crippen LogP contribution in [0.2, 0.25) is 5.02 Å². The molecule has 23 heavy (non-hydrogen) atoms. The van der Waals surface area contributed by atoms with Gasteiger partial charge in [-0.05, 0) is 32.0 Å². The molecule has 1 aromatic carbocycles. The second-order valence-corrected chi connectivity index (χ2v) is 5.58. The summed E-state index contributed by atoms with van der Waals surface area (Å²) in [5.74, 6) is 0.166. The quantitative estimate of drug-likeness (QED) is 0.761. The summed E-state index contributed by atoms with van der Waals surface area (Å²) >= 11 is 6.04. The summed E-state index contributed by atoms with van der Waals surface area (Å²) < 4.78 is 12.0. The van der Waals surface area contributed by atoms with Crippen LogP contribution in [0.4, 0.5) is 5.69 Å². The molecule has 7 nitrogen and oxygen atoms in total. The van der Waals surface area contributed by atoms with Crippen LogP contribution in [-0.2, 0) is 0 Å². The van der Waals surface area contributed by atoms with Crippen LogP contribution in [0.3, 0.4) is 0 Å². The van der Waals surface area contributed by atoms with Gasteiger partial charge in [0, 0.05) is 6.07 Å². The highest BCUT2D eigenvalue weighted by atomic mass is 79.9. The van der Waals surface area contributed by atoms with E-state index >= 15 is 0 Å². The fourth-order valence-electron chi connectivity index (χ4n) is 2.58. The van der Waals surface area contributed by atoms with Crippen molar-refractivity contribution in [1.29, 1.82) is 0 Å². The van der Waals surface area contributed by atoms with Crippen LogP contribution < -0.4 is 21.5 Å². The molecule has 1 aliphatic heterocycles. The first kappa shape index (κ1) is 17.8. The van der Waals surface area contributed by atoms with E-state index in [0.29, 0.717) is 22.0 Å². The van der Waals surface area contributed by atoms with Crippen molar-refractivity contribution >= 4 is 34.3 Å². The molecule has 0 unspecified atom stereocenters. The third-order valence-electron chi connectivity index (χ3n) is 3.77. The molecule has 2 heterocycles. The largest absolute Gasteiger partial charge is 0.496 e. The molecule has 1 saturated heterocycles. The molecule has 0 radical (unpaired) electrons. The number of hydrogen-bond acceptors (Lipinski definition) is 6. The van der Waals surface area contributed by atoms with Gasteiger partial charge in [-0.1, -0.05) is 11.6 Å². The fourth-order valence-corrected chi connectivity index (χ4v) is 2.75. The Balaban J connectivity index is 0.00000192. The molecule has 126 valence electrons. The topological polar surface area (TPSA) is 95.3 Å². The number of rotatable bonds is 3. The van der Waals surface area contributed by atoms with Gasteiger partial charge in [0.1, 0.15) is 5.75 Å². The Bertz CT molecular complexity index is 740. The van der Waals surface area contributed by atoms with Crippen LogP contribution in [0.15, 0.2) is 21.3 Å². The predicted octanol–water partition coefficient (Wildman–Crippen LogP) is 2.25. The van der Waals surface area contributed by atoms with Crippen LogP contribution in [0, 0.1) is 0 Å². The van der Waals surface area contributed by atoms with Gasteiger partial charge in [0.2, 0.25) is 0 Å². The number of methoxy groups -OCH3 is 1. The monoisotopic (exact) mass is 404 g/mol. The second kappa shape index (κ2) is 7.37. The summed E-state index contributed by atoms with van der Waals surface area (Å²) in [6.45, 7) is 1.71. The molecule has 0 amide bonds. The first-order valence-electron chi connectivity index (χ1n) is 7.04. The van der Waals surface area contributed by atoms with Gasteiger partial charge in [0.15, 0.2) is 0 Å². The van der Waals surface area contributed by atoms with Crippen LogP contribution in [0.5, 0.6) is 5.75 Å².